The van der Waals surface area contributed by atoms with Gasteiger partial charge in [-0.25, -0.2) is 8.78 Å². The van der Waals surface area contributed by atoms with Crippen LogP contribution in [-0.4, -0.2) is 44.9 Å². The van der Waals surface area contributed by atoms with Crippen LogP contribution < -0.4 is 9.64 Å². The fourth-order valence-electron chi connectivity index (χ4n) is 3.43. The van der Waals surface area contributed by atoms with Crippen LogP contribution in [0.15, 0.2) is 30.6 Å². The molecule has 0 spiro atoms. The number of rotatable bonds is 5. The number of nitrogens with one attached hydrogen (secondary N) is 1. The van der Waals surface area contributed by atoms with Crippen molar-refractivity contribution in [3.8, 4) is 17.1 Å². The summed E-state index contributed by atoms with van der Waals surface area (Å²) >= 11 is 0. The normalized spacial score (nSPS) is 16.9. The van der Waals surface area contributed by atoms with Gasteiger partial charge in [-0.15, -0.1) is 5.10 Å². The summed E-state index contributed by atoms with van der Waals surface area (Å²) in [5, 5.41) is 14.5. The predicted octanol–water partition coefficient (Wildman–Crippen LogP) is 2.53. The third kappa shape index (κ3) is 3.78. The van der Waals surface area contributed by atoms with Crippen LogP contribution in [0.4, 0.5) is 14.7 Å². The van der Waals surface area contributed by atoms with Crippen LogP contribution in [0.3, 0.4) is 0 Å². The minimum Gasteiger partial charge on any atom is -0.494 e. The van der Waals surface area contributed by atoms with Crippen molar-refractivity contribution < 1.29 is 18.3 Å². The monoisotopic (exact) mass is 400 g/mol. The van der Waals surface area contributed by atoms with Crippen LogP contribution in [0.2, 0.25) is 0 Å². The number of nitrogens with zero attached hydrogens (tertiary/aromatic N) is 5. The van der Waals surface area contributed by atoms with Gasteiger partial charge in [0.15, 0.2) is 23.2 Å². The van der Waals surface area contributed by atoms with E-state index in [2.05, 4.69) is 25.4 Å². The van der Waals surface area contributed by atoms with E-state index < -0.39 is 11.6 Å². The number of carbonyl (C=O) groups excluding carboxylic acids is 1. The van der Waals surface area contributed by atoms with E-state index in [1.807, 2.05) is 0 Å². The molecule has 4 rings (SSSR count). The molecule has 1 aromatic carbocycles. The van der Waals surface area contributed by atoms with Gasteiger partial charge in [-0.3, -0.25) is 14.8 Å². The van der Waals surface area contributed by atoms with Gasteiger partial charge in [-0.1, -0.05) is 6.07 Å². The second-order valence-electron chi connectivity index (χ2n) is 6.74. The number of ether oxygens (including phenoxy) is 1. The Hall–Kier alpha value is -3.43. The van der Waals surface area contributed by atoms with Crippen LogP contribution in [-0.2, 0) is 11.2 Å². The molecule has 2 aromatic heterocycles. The number of H-pyrrole nitrogens is 1. The van der Waals surface area contributed by atoms with Crippen molar-refractivity contribution >= 4 is 11.9 Å². The maximum atomic E-state index is 13.5. The van der Waals surface area contributed by atoms with E-state index in [0.29, 0.717) is 42.1 Å². The van der Waals surface area contributed by atoms with Gasteiger partial charge in [-0.2, -0.15) is 15.2 Å². The summed E-state index contributed by atoms with van der Waals surface area (Å²) in [4.78, 5) is 18.9. The molecule has 1 unspecified atom stereocenters. The largest absolute Gasteiger partial charge is 0.494 e. The van der Waals surface area contributed by atoms with E-state index in [9.17, 15) is 13.6 Å². The van der Waals surface area contributed by atoms with E-state index >= 15 is 0 Å². The Balaban J connectivity index is 1.54. The highest BCUT2D eigenvalue weighted by Crippen LogP contribution is 2.29. The van der Waals surface area contributed by atoms with Gasteiger partial charge in [0.05, 0.1) is 25.1 Å². The van der Waals surface area contributed by atoms with Gasteiger partial charge < -0.3 is 4.74 Å². The number of aromatic nitrogens is 5. The number of anilines is 1. The number of methoxy groups -OCH3 is 1. The van der Waals surface area contributed by atoms with Gasteiger partial charge in [0.2, 0.25) is 5.91 Å². The van der Waals surface area contributed by atoms with Gasteiger partial charge in [0.1, 0.15) is 0 Å². The van der Waals surface area contributed by atoms with Crippen LogP contribution in [0, 0.1) is 17.6 Å². The highest BCUT2D eigenvalue weighted by atomic mass is 19.2. The molecule has 1 fully saturated rings. The molecule has 0 bridgehead atoms. The van der Waals surface area contributed by atoms with Crippen molar-refractivity contribution in [2.24, 2.45) is 5.92 Å². The first-order valence-electron chi connectivity index (χ1n) is 9.09. The van der Waals surface area contributed by atoms with Crippen LogP contribution in [0.5, 0.6) is 5.75 Å². The molecule has 0 aliphatic carbocycles. The minimum absolute atomic E-state index is 0.147. The Morgan fingerprint density at radius 3 is 2.86 bits per heavy atom. The van der Waals surface area contributed by atoms with Crippen LogP contribution >= 0.6 is 0 Å². The zero-order valence-electron chi connectivity index (χ0n) is 15.6. The molecule has 1 amide bonds. The predicted molar refractivity (Wildman–Crippen MR) is 99.1 cm³/mol. The molecule has 8 nitrogen and oxygen atoms in total. The van der Waals surface area contributed by atoms with E-state index in [-0.39, 0.29) is 17.8 Å². The number of carbonyl (C=O) groups is 1. The highest BCUT2D eigenvalue weighted by Gasteiger charge is 2.32. The first kappa shape index (κ1) is 18.9. The van der Waals surface area contributed by atoms with Crippen LogP contribution in [0.25, 0.3) is 11.4 Å². The number of hydrogen-bond donors (Lipinski definition) is 1. The molecule has 3 heterocycles. The fraction of sp³-hybridized carbons (Fsp3) is 0.316. The van der Waals surface area contributed by atoms with Crippen molar-refractivity contribution in [1.82, 2.24) is 25.4 Å². The number of amides is 1. The SMILES string of the molecule is COc1cnncc1-c1nc(N2CCCC(Cc3ccc(F)c(F)c3)C2=O)n[nH]1. The quantitative estimate of drug-likeness (QED) is 0.707. The smallest absolute Gasteiger partial charge is 0.251 e. The third-order valence-corrected chi connectivity index (χ3v) is 4.90. The lowest BCUT2D eigenvalue weighted by Gasteiger charge is -2.30. The summed E-state index contributed by atoms with van der Waals surface area (Å²) < 4.78 is 31.9. The lowest BCUT2D eigenvalue weighted by molar-refractivity contribution is -0.123. The van der Waals surface area contributed by atoms with Gasteiger partial charge in [0, 0.05) is 12.5 Å². The Kier molecular flexibility index (Phi) is 5.15. The molecular formula is C19H18F2N6O2. The molecule has 3 aromatic rings. The Labute approximate surface area is 164 Å². The van der Waals surface area contributed by atoms with Gasteiger partial charge in [0.25, 0.3) is 5.95 Å². The molecule has 1 aliphatic heterocycles. The lowest BCUT2D eigenvalue weighted by atomic mass is 9.90. The van der Waals surface area contributed by atoms with Crippen molar-refractivity contribution in [2.75, 3.05) is 18.6 Å². The summed E-state index contributed by atoms with van der Waals surface area (Å²) in [5.74, 6) is -1.19. The summed E-state index contributed by atoms with van der Waals surface area (Å²) in [6.07, 6.45) is 4.69. The summed E-state index contributed by atoms with van der Waals surface area (Å²) in [6, 6.07) is 3.71. The van der Waals surface area contributed by atoms with Crippen molar-refractivity contribution in [3.05, 3.63) is 47.8 Å². The molecule has 1 aliphatic rings. The average Bonchev–Trinajstić information content (AvgIpc) is 3.22. The van der Waals surface area contributed by atoms with E-state index in [4.69, 9.17) is 4.74 Å². The highest BCUT2D eigenvalue weighted by molar-refractivity contribution is 5.94. The van der Waals surface area contributed by atoms with E-state index in [1.54, 1.807) is 0 Å². The number of piperidine rings is 1. The number of hydrogen-bond acceptors (Lipinski definition) is 6. The standard InChI is InChI=1S/C19H18F2N6O2/c1-29-16-10-23-22-9-13(16)17-24-19(26-25-17)27-6-2-3-12(18(27)28)7-11-4-5-14(20)15(21)8-11/h4-5,8-10,12H,2-3,6-7H2,1H3,(H,24,25,26). The Bertz CT molecular complexity index is 1040. The zero-order chi connectivity index (χ0) is 20.4. The van der Waals surface area contributed by atoms with Crippen molar-refractivity contribution in [2.45, 2.75) is 19.3 Å². The average molecular weight is 400 g/mol. The van der Waals surface area contributed by atoms with Crippen LogP contribution in [0.1, 0.15) is 18.4 Å². The summed E-state index contributed by atoms with van der Waals surface area (Å²) in [6.45, 7) is 0.482. The number of benzene rings is 1. The topological polar surface area (TPSA) is 96.9 Å². The molecular weight excluding hydrogens is 382 g/mol. The minimum atomic E-state index is -0.916. The molecule has 150 valence electrons. The third-order valence-electron chi connectivity index (χ3n) is 4.90. The van der Waals surface area contributed by atoms with Crippen molar-refractivity contribution in [3.63, 3.8) is 0 Å². The molecule has 0 saturated carbocycles. The molecule has 1 N–H and O–H groups in total. The lowest BCUT2D eigenvalue weighted by Crippen LogP contribution is -2.42. The number of aromatic amines is 1. The summed E-state index contributed by atoms with van der Waals surface area (Å²) in [5.41, 5.74) is 1.15. The second kappa shape index (κ2) is 7.90. The molecule has 29 heavy (non-hydrogen) atoms. The van der Waals surface area contributed by atoms with E-state index in [0.717, 1.165) is 18.6 Å². The first-order valence-corrected chi connectivity index (χ1v) is 9.09. The first-order chi connectivity index (χ1) is 14.1. The maximum absolute atomic E-state index is 13.5. The van der Waals surface area contributed by atoms with E-state index in [1.165, 1.54) is 30.5 Å². The maximum Gasteiger partial charge on any atom is 0.251 e. The number of halogens is 2. The molecule has 0 radical (unpaired) electrons. The second-order valence-corrected chi connectivity index (χ2v) is 6.74. The Morgan fingerprint density at radius 1 is 1.24 bits per heavy atom. The Morgan fingerprint density at radius 2 is 2.07 bits per heavy atom. The zero-order valence-corrected chi connectivity index (χ0v) is 15.6. The molecule has 1 atom stereocenters. The van der Waals surface area contributed by atoms with Gasteiger partial charge >= 0.3 is 0 Å². The van der Waals surface area contributed by atoms with Gasteiger partial charge in [-0.05, 0) is 37.0 Å². The van der Waals surface area contributed by atoms with Crippen molar-refractivity contribution in [1.29, 1.82) is 0 Å². The summed E-state index contributed by atoms with van der Waals surface area (Å²) in [7, 11) is 1.51. The fourth-order valence-corrected chi connectivity index (χ4v) is 3.43. The molecule has 10 heteroatoms. The molecule has 1 saturated heterocycles.